The quantitative estimate of drug-likeness (QED) is 0.888. The minimum atomic E-state index is -4.11. The molecule has 1 saturated carbocycles. The lowest BCUT2D eigenvalue weighted by atomic mass is 9.81. The molecule has 1 aliphatic carbocycles. The SMILES string of the molecule is NC(=O)c1ccc(C(=O)NCC2CCC(C(F)(F)F)CC2)s1. The summed E-state index contributed by atoms with van der Waals surface area (Å²) in [6.07, 6.45) is -2.96. The van der Waals surface area contributed by atoms with Crippen molar-refractivity contribution in [3.63, 3.8) is 0 Å². The number of carbonyl (C=O) groups is 2. The molecule has 0 spiro atoms. The lowest BCUT2D eigenvalue weighted by Gasteiger charge is -2.29. The Balaban J connectivity index is 1.79. The van der Waals surface area contributed by atoms with Crippen molar-refractivity contribution < 1.29 is 22.8 Å². The zero-order valence-electron chi connectivity index (χ0n) is 11.8. The van der Waals surface area contributed by atoms with Gasteiger partial charge in [0.05, 0.1) is 15.7 Å². The van der Waals surface area contributed by atoms with Gasteiger partial charge in [-0.05, 0) is 43.7 Å². The molecule has 2 rings (SSSR count). The summed E-state index contributed by atoms with van der Waals surface area (Å²) in [4.78, 5) is 23.6. The predicted molar refractivity (Wildman–Crippen MR) is 76.7 cm³/mol. The van der Waals surface area contributed by atoms with Crippen molar-refractivity contribution in [2.45, 2.75) is 31.9 Å². The molecule has 0 atom stereocenters. The zero-order chi connectivity index (χ0) is 16.3. The van der Waals surface area contributed by atoms with Gasteiger partial charge in [-0.15, -0.1) is 11.3 Å². The molecule has 2 amide bonds. The molecule has 1 fully saturated rings. The van der Waals surface area contributed by atoms with E-state index in [-0.39, 0.29) is 24.7 Å². The maximum Gasteiger partial charge on any atom is 0.391 e. The van der Waals surface area contributed by atoms with Crippen LogP contribution in [0.1, 0.15) is 45.0 Å². The van der Waals surface area contributed by atoms with Gasteiger partial charge in [-0.1, -0.05) is 0 Å². The molecule has 3 N–H and O–H groups in total. The number of halogens is 3. The van der Waals surface area contributed by atoms with Gasteiger partial charge in [0.15, 0.2) is 0 Å². The summed E-state index contributed by atoms with van der Waals surface area (Å²) in [6, 6.07) is 3.00. The highest BCUT2D eigenvalue weighted by Crippen LogP contribution is 2.39. The van der Waals surface area contributed by atoms with Crippen LogP contribution in [-0.4, -0.2) is 24.5 Å². The lowest BCUT2D eigenvalue weighted by Crippen LogP contribution is -2.33. The van der Waals surface area contributed by atoms with E-state index in [0.717, 1.165) is 11.3 Å². The maximum atomic E-state index is 12.6. The van der Waals surface area contributed by atoms with E-state index < -0.39 is 18.0 Å². The van der Waals surface area contributed by atoms with Crippen molar-refractivity contribution in [1.29, 1.82) is 0 Å². The molecule has 0 aromatic carbocycles. The summed E-state index contributed by atoms with van der Waals surface area (Å²) < 4.78 is 37.7. The van der Waals surface area contributed by atoms with Gasteiger partial charge < -0.3 is 11.1 Å². The van der Waals surface area contributed by atoms with Crippen molar-refractivity contribution >= 4 is 23.2 Å². The molecule has 0 aliphatic heterocycles. The summed E-state index contributed by atoms with van der Waals surface area (Å²) in [6.45, 7) is 0.354. The minimum Gasteiger partial charge on any atom is -0.365 e. The fourth-order valence-corrected chi connectivity index (χ4v) is 3.38. The van der Waals surface area contributed by atoms with E-state index in [4.69, 9.17) is 5.73 Å². The molecule has 0 saturated heterocycles. The van der Waals surface area contributed by atoms with Gasteiger partial charge in [-0.2, -0.15) is 13.2 Å². The number of nitrogens with one attached hydrogen (secondary N) is 1. The van der Waals surface area contributed by atoms with Crippen LogP contribution in [0.3, 0.4) is 0 Å². The van der Waals surface area contributed by atoms with E-state index in [9.17, 15) is 22.8 Å². The van der Waals surface area contributed by atoms with Crippen LogP contribution in [0.5, 0.6) is 0 Å². The van der Waals surface area contributed by atoms with Crippen molar-refractivity contribution in [3.8, 4) is 0 Å². The molecule has 1 aromatic heterocycles. The first-order valence-corrected chi connectivity index (χ1v) is 7.83. The number of nitrogens with two attached hydrogens (primary N) is 1. The molecular formula is C14H17F3N2O2S. The van der Waals surface area contributed by atoms with E-state index in [0.29, 0.717) is 29.1 Å². The summed E-state index contributed by atoms with van der Waals surface area (Å²) >= 11 is 1.00. The number of carbonyl (C=O) groups excluding carboxylic acids is 2. The van der Waals surface area contributed by atoms with Crippen LogP contribution in [0, 0.1) is 11.8 Å². The Hall–Kier alpha value is -1.57. The Labute approximate surface area is 129 Å². The molecule has 4 nitrogen and oxygen atoms in total. The maximum absolute atomic E-state index is 12.6. The monoisotopic (exact) mass is 334 g/mol. The van der Waals surface area contributed by atoms with E-state index in [2.05, 4.69) is 5.32 Å². The van der Waals surface area contributed by atoms with Crippen LogP contribution < -0.4 is 11.1 Å². The molecule has 1 heterocycles. The Morgan fingerprint density at radius 2 is 1.77 bits per heavy atom. The Kier molecular flexibility index (Phi) is 5.10. The van der Waals surface area contributed by atoms with Gasteiger partial charge in [0, 0.05) is 6.54 Å². The normalized spacial score (nSPS) is 22.3. The largest absolute Gasteiger partial charge is 0.391 e. The van der Waals surface area contributed by atoms with Gasteiger partial charge >= 0.3 is 6.18 Å². The Morgan fingerprint density at radius 3 is 2.27 bits per heavy atom. The number of rotatable bonds is 4. The molecule has 1 aliphatic rings. The highest BCUT2D eigenvalue weighted by atomic mass is 32.1. The first-order chi connectivity index (χ1) is 10.3. The van der Waals surface area contributed by atoms with Crippen molar-refractivity contribution in [3.05, 3.63) is 21.9 Å². The van der Waals surface area contributed by atoms with E-state index in [1.54, 1.807) is 0 Å². The number of primary amides is 1. The second-order valence-corrected chi connectivity index (χ2v) is 6.58. The molecule has 22 heavy (non-hydrogen) atoms. The second kappa shape index (κ2) is 6.68. The number of alkyl halides is 3. The van der Waals surface area contributed by atoms with Gasteiger partial charge in [0.25, 0.3) is 11.8 Å². The molecule has 122 valence electrons. The fourth-order valence-electron chi connectivity index (χ4n) is 2.61. The number of hydrogen-bond acceptors (Lipinski definition) is 3. The van der Waals surface area contributed by atoms with Crippen molar-refractivity contribution in [1.82, 2.24) is 5.32 Å². The molecule has 0 radical (unpaired) electrons. The number of hydrogen-bond donors (Lipinski definition) is 2. The van der Waals surface area contributed by atoms with Crippen LogP contribution >= 0.6 is 11.3 Å². The van der Waals surface area contributed by atoms with Crippen LogP contribution in [0.25, 0.3) is 0 Å². The molecular weight excluding hydrogens is 317 g/mol. The van der Waals surface area contributed by atoms with Gasteiger partial charge in [0.2, 0.25) is 0 Å². The van der Waals surface area contributed by atoms with E-state index in [1.165, 1.54) is 12.1 Å². The van der Waals surface area contributed by atoms with Gasteiger partial charge in [0.1, 0.15) is 0 Å². The molecule has 8 heteroatoms. The van der Waals surface area contributed by atoms with Crippen molar-refractivity contribution in [2.24, 2.45) is 17.6 Å². The highest BCUT2D eigenvalue weighted by molar-refractivity contribution is 7.15. The fraction of sp³-hybridized carbons (Fsp3) is 0.571. The Bertz CT molecular complexity index is 549. The third-order valence-corrected chi connectivity index (χ3v) is 5.03. The van der Waals surface area contributed by atoms with E-state index in [1.807, 2.05) is 0 Å². The third kappa shape index (κ3) is 4.22. The summed E-state index contributed by atoms with van der Waals surface area (Å²) in [5.41, 5.74) is 5.11. The highest BCUT2D eigenvalue weighted by Gasteiger charge is 2.41. The first kappa shape index (κ1) is 16.8. The summed E-state index contributed by atoms with van der Waals surface area (Å²) in [7, 11) is 0. The van der Waals surface area contributed by atoms with E-state index >= 15 is 0 Å². The van der Waals surface area contributed by atoms with Gasteiger partial charge in [-0.25, -0.2) is 0 Å². The molecule has 1 aromatic rings. The predicted octanol–water partition coefficient (Wildman–Crippen LogP) is 2.95. The molecule has 0 unspecified atom stereocenters. The zero-order valence-corrected chi connectivity index (χ0v) is 12.6. The van der Waals surface area contributed by atoms with Crippen LogP contribution in [0.4, 0.5) is 13.2 Å². The van der Waals surface area contributed by atoms with Crippen LogP contribution in [0.15, 0.2) is 12.1 Å². The first-order valence-electron chi connectivity index (χ1n) is 7.02. The Morgan fingerprint density at radius 1 is 1.18 bits per heavy atom. The van der Waals surface area contributed by atoms with Crippen LogP contribution in [0.2, 0.25) is 0 Å². The minimum absolute atomic E-state index is 0.0677. The summed E-state index contributed by atoms with van der Waals surface area (Å²) in [5.74, 6) is -2.06. The number of thiophene rings is 1. The molecule has 0 bridgehead atoms. The standard InChI is InChI=1S/C14H17F3N2O2S/c15-14(16,17)9-3-1-8(2-4-9)7-19-13(21)11-6-5-10(22-11)12(18)20/h5-6,8-9H,1-4,7H2,(H2,18,20)(H,19,21). The van der Waals surface area contributed by atoms with Crippen molar-refractivity contribution in [2.75, 3.05) is 6.54 Å². The average Bonchev–Trinajstić information content (AvgIpc) is 2.94. The average molecular weight is 334 g/mol. The van der Waals surface area contributed by atoms with Crippen LogP contribution in [-0.2, 0) is 0 Å². The van der Waals surface area contributed by atoms with Gasteiger partial charge in [-0.3, -0.25) is 9.59 Å². The third-order valence-electron chi connectivity index (χ3n) is 3.93. The summed E-state index contributed by atoms with van der Waals surface area (Å²) in [5, 5.41) is 2.71. The topological polar surface area (TPSA) is 72.2 Å². The second-order valence-electron chi connectivity index (χ2n) is 5.50. The lowest BCUT2D eigenvalue weighted by molar-refractivity contribution is -0.183. The smallest absolute Gasteiger partial charge is 0.365 e. The number of amides is 2.